The summed E-state index contributed by atoms with van der Waals surface area (Å²) < 4.78 is 15.2. The van der Waals surface area contributed by atoms with Crippen molar-refractivity contribution in [3.8, 4) is 5.69 Å². The van der Waals surface area contributed by atoms with E-state index >= 15 is 0 Å². The van der Waals surface area contributed by atoms with Crippen LogP contribution in [0.1, 0.15) is 34.3 Å². The summed E-state index contributed by atoms with van der Waals surface area (Å²) in [7, 11) is 0. The van der Waals surface area contributed by atoms with Crippen molar-refractivity contribution in [3.05, 3.63) is 106 Å². The van der Waals surface area contributed by atoms with Gasteiger partial charge in [0.1, 0.15) is 10.7 Å². The van der Waals surface area contributed by atoms with Gasteiger partial charge in [-0.3, -0.25) is 9.59 Å². The highest BCUT2D eigenvalue weighted by Crippen LogP contribution is 2.36. The van der Waals surface area contributed by atoms with Crippen molar-refractivity contribution >= 4 is 39.7 Å². The zero-order chi connectivity index (χ0) is 27.8. The molecular formula is C31H28FN5O2S. The lowest BCUT2D eigenvalue weighted by atomic mass is 9.90. The first kappa shape index (κ1) is 25.9. The van der Waals surface area contributed by atoms with Crippen LogP contribution in [0.4, 0.5) is 10.1 Å². The quantitative estimate of drug-likeness (QED) is 0.280. The second kappa shape index (κ2) is 10.7. The predicted octanol–water partition coefficient (Wildman–Crippen LogP) is 5.71. The van der Waals surface area contributed by atoms with Crippen LogP contribution in [-0.2, 0) is 11.2 Å². The number of nitrogens with zero attached hydrogens (tertiary/aromatic N) is 4. The van der Waals surface area contributed by atoms with Crippen LogP contribution in [-0.4, -0.2) is 38.7 Å². The summed E-state index contributed by atoms with van der Waals surface area (Å²) in [6.45, 7) is 3.86. The molecule has 1 aliphatic heterocycles. The molecule has 40 heavy (non-hydrogen) atoms. The lowest BCUT2D eigenvalue weighted by Crippen LogP contribution is -2.47. The van der Waals surface area contributed by atoms with E-state index in [1.807, 2.05) is 67.3 Å². The number of benzene rings is 3. The van der Waals surface area contributed by atoms with Crippen LogP contribution < -0.4 is 10.2 Å². The number of aryl methyl sites for hydroxylation is 1. The molecule has 0 aliphatic carbocycles. The van der Waals surface area contributed by atoms with E-state index in [4.69, 9.17) is 0 Å². The molecule has 1 fully saturated rings. The van der Waals surface area contributed by atoms with E-state index in [-0.39, 0.29) is 29.7 Å². The molecule has 0 unspecified atom stereocenters. The van der Waals surface area contributed by atoms with Crippen LogP contribution in [0, 0.1) is 18.7 Å². The van der Waals surface area contributed by atoms with Gasteiger partial charge in [-0.2, -0.15) is 5.10 Å². The van der Waals surface area contributed by atoms with Crippen molar-refractivity contribution in [2.45, 2.75) is 38.8 Å². The molecule has 3 atom stereocenters. The topological polar surface area (TPSA) is 80.1 Å². The smallest absolute Gasteiger partial charge is 0.263 e. The van der Waals surface area contributed by atoms with Crippen LogP contribution in [0.5, 0.6) is 0 Å². The van der Waals surface area contributed by atoms with E-state index in [2.05, 4.69) is 15.4 Å². The van der Waals surface area contributed by atoms with Crippen molar-refractivity contribution in [1.82, 2.24) is 20.1 Å². The Kier molecular flexibility index (Phi) is 6.89. The van der Waals surface area contributed by atoms with Gasteiger partial charge in [0.2, 0.25) is 5.91 Å². The summed E-state index contributed by atoms with van der Waals surface area (Å²) in [6, 6.07) is 21.3. The lowest BCUT2D eigenvalue weighted by molar-refractivity contribution is -0.120. The Morgan fingerprint density at radius 3 is 2.50 bits per heavy atom. The summed E-state index contributed by atoms with van der Waals surface area (Å²) in [5.74, 6) is -0.959. The standard InChI is InChI=1S/C31H28FN5O2S/c1-3-26-28(35-30(38)29-19(2)33-18-40-29)25(15-20-7-5-4-6-8-20)31(39)36(26)24-13-14-27-21(16-24)17-34-37(27)23-11-9-22(32)10-12-23/h4-14,16-18,25-26,28H,3,15H2,1-2H3,(H,35,38)/t25-,26+,28-/m0/s1. The maximum atomic E-state index is 14.1. The summed E-state index contributed by atoms with van der Waals surface area (Å²) in [5.41, 5.74) is 5.74. The van der Waals surface area contributed by atoms with Crippen molar-refractivity contribution < 1.29 is 14.0 Å². The molecule has 0 spiro atoms. The minimum absolute atomic E-state index is 0.0210. The molecule has 7 nitrogen and oxygen atoms in total. The van der Waals surface area contributed by atoms with Gasteiger partial charge in [0.05, 0.1) is 46.6 Å². The SMILES string of the molecule is CC[C@@H]1[C@@H](NC(=O)c2scnc2C)[C@H](Cc2ccccc2)C(=O)N1c1ccc2c(cnn2-c2ccc(F)cc2)c1. The van der Waals surface area contributed by atoms with Gasteiger partial charge in [-0.15, -0.1) is 11.3 Å². The van der Waals surface area contributed by atoms with E-state index < -0.39 is 5.92 Å². The second-order valence-corrected chi connectivity index (χ2v) is 10.9. The Labute approximate surface area is 235 Å². The third kappa shape index (κ3) is 4.66. The summed E-state index contributed by atoms with van der Waals surface area (Å²) in [4.78, 5) is 34.1. The number of rotatable bonds is 7. The third-order valence-electron chi connectivity index (χ3n) is 7.60. The van der Waals surface area contributed by atoms with Crippen LogP contribution in [0.2, 0.25) is 0 Å². The number of thiazole rings is 1. The Morgan fingerprint density at radius 2 is 1.80 bits per heavy atom. The molecule has 1 aliphatic rings. The lowest BCUT2D eigenvalue weighted by Gasteiger charge is -2.28. The van der Waals surface area contributed by atoms with Gasteiger partial charge in [-0.1, -0.05) is 37.3 Å². The van der Waals surface area contributed by atoms with Gasteiger partial charge >= 0.3 is 0 Å². The molecule has 6 rings (SSSR count). The molecule has 3 heterocycles. The van der Waals surface area contributed by atoms with Gasteiger partial charge in [0.15, 0.2) is 0 Å². The van der Waals surface area contributed by atoms with Gasteiger partial charge in [0, 0.05) is 11.1 Å². The normalized spacial score (nSPS) is 18.9. The number of aromatic nitrogens is 3. The Balaban J connectivity index is 1.36. The molecule has 0 bridgehead atoms. The van der Waals surface area contributed by atoms with Crippen LogP contribution >= 0.6 is 11.3 Å². The van der Waals surface area contributed by atoms with Crippen molar-refractivity contribution in [2.24, 2.45) is 5.92 Å². The van der Waals surface area contributed by atoms with Crippen LogP contribution in [0.15, 0.2) is 84.5 Å². The predicted molar refractivity (Wildman–Crippen MR) is 154 cm³/mol. The highest BCUT2D eigenvalue weighted by atomic mass is 32.1. The average molecular weight is 554 g/mol. The number of carbonyl (C=O) groups is 2. The largest absolute Gasteiger partial charge is 0.346 e. The number of amides is 2. The van der Waals surface area contributed by atoms with Crippen LogP contribution in [0.3, 0.4) is 0 Å². The van der Waals surface area contributed by atoms with E-state index in [0.717, 1.165) is 27.8 Å². The monoisotopic (exact) mass is 553 g/mol. The molecule has 3 aromatic carbocycles. The Bertz CT molecular complexity index is 1680. The average Bonchev–Trinajstić information content (AvgIpc) is 3.66. The van der Waals surface area contributed by atoms with Crippen molar-refractivity contribution in [1.29, 1.82) is 0 Å². The molecular weight excluding hydrogens is 525 g/mol. The van der Waals surface area contributed by atoms with Crippen molar-refractivity contribution in [2.75, 3.05) is 4.90 Å². The van der Waals surface area contributed by atoms with E-state index in [1.165, 1.54) is 23.5 Å². The maximum Gasteiger partial charge on any atom is 0.263 e. The Hall–Kier alpha value is -4.37. The number of fused-ring (bicyclic) bond motifs is 1. The molecule has 0 radical (unpaired) electrons. The molecule has 9 heteroatoms. The summed E-state index contributed by atoms with van der Waals surface area (Å²) >= 11 is 1.30. The fourth-order valence-corrected chi connectivity index (χ4v) is 6.36. The fourth-order valence-electron chi connectivity index (χ4n) is 5.65. The highest BCUT2D eigenvalue weighted by molar-refractivity contribution is 7.11. The number of halogens is 1. The second-order valence-electron chi connectivity index (χ2n) is 10.0. The van der Waals surface area contributed by atoms with Gasteiger partial charge in [-0.25, -0.2) is 14.1 Å². The third-order valence-corrected chi connectivity index (χ3v) is 8.53. The Morgan fingerprint density at radius 1 is 1.05 bits per heavy atom. The molecule has 1 N–H and O–H groups in total. The molecule has 202 valence electrons. The summed E-state index contributed by atoms with van der Waals surface area (Å²) in [6.07, 6.45) is 2.93. The first-order chi connectivity index (χ1) is 19.4. The van der Waals surface area contributed by atoms with Gasteiger partial charge in [0.25, 0.3) is 5.91 Å². The van der Waals surface area contributed by atoms with Gasteiger partial charge in [-0.05, 0) is 67.8 Å². The van der Waals surface area contributed by atoms with Crippen LogP contribution in [0.25, 0.3) is 16.6 Å². The number of hydrogen-bond acceptors (Lipinski definition) is 5. The molecule has 2 amide bonds. The summed E-state index contributed by atoms with van der Waals surface area (Å²) in [5, 5.41) is 8.58. The molecule has 5 aromatic rings. The number of carbonyl (C=O) groups excluding carboxylic acids is 2. The van der Waals surface area contributed by atoms with E-state index in [0.29, 0.717) is 23.4 Å². The first-order valence-corrected chi connectivity index (χ1v) is 14.1. The van der Waals surface area contributed by atoms with Gasteiger partial charge < -0.3 is 10.2 Å². The zero-order valence-electron chi connectivity index (χ0n) is 22.1. The van der Waals surface area contributed by atoms with Crippen molar-refractivity contribution in [3.63, 3.8) is 0 Å². The number of hydrogen-bond donors (Lipinski definition) is 1. The molecule has 1 saturated heterocycles. The van der Waals surface area contributed by atoms with E-state index in [9.17, 15) is 14.0 Å². The molecule has 2 aromatic heterocycles. The molecule has 0 saturated carbocycles. The number of anilines is 1. The minimum atomic E-state index is -0.429. The highest BCUT2D eigenvalue weighted by Gasteiger charge is 2.48. The minimum Gasteiger partial charge on any atom is -0.346 e. The zero-order valence-corrected chi connectivity index (χ0v) is 22.9. The maximum absolute atomic E-state index is 14.1. The number of nitrogens with one attached hydrogen (secondary N) is 1. The fraction of sp³-hybridized carbons (Fsp3) is 0.226. The van der Waals surface area contributed by atoms with E-state index in [1.54, 1.807) is 28.5 Å². The first-order valence-electron chi connectivity index (χ1n) is 13.3.